The van der Waals surface area contributed by atoms with Crippen LogP contribution < -0.4 is 5.32 Å². The van der Waals surface area contributed by atoms with E-state index < -0.39 is 30.1 Å². The van der Waals surface area contributed by atoms with Crippen LogP contribution in [-0.2, 0) is 13.1 Å². The minimum absolute atomic E-state index is 0.0544. The molecule has 0 atom stereocenters. The molecule has 0 radical (unpaired) electrons. The summed E-state index contributed by atoms with van der Waals surface area (Å²) in [6.45, 7) is 2.11. The lowest BCUT2D eigenvalue weighted by atomic mass is 10.1. The second-order valence-electron chi connectivity index (χ2n) is 7.22. The van der Waals surface area contributed by atoms with E-state index in [0.29, 0.717) is 12.6 Å². The summed E-state index contributed by atoms with van der Waals surface area (Å²) in [5.41, 5.74) is 0.713. The number of hydrogen-bond acceptors (Lipinski definition) is 5. The molecule has 0 saturated carbocycles. The smallest absolute Gasteiger partial charge is 0.293 e. The fourth-order valence-electron chi connectivity index (χ4n) is 3.07. The number of carbonyl (C=O) groups excluding carboxylic acids is 1. The molecule has 8 nitrogen and oxygen atoms in total. The van der Waals surface area contributed by atoms with Gasteiger partial charge in [-0.2, -0.15) is 5.10 Å². The molecule has 0 aliphatic rings. The third-order valence-corrected chi connectivity index (χ3v) is 4.70. The number of amides is 1. The van der Waals surface area contributed by atoms with Crippen LogP contribution in [0.25, 0.3) is 0 Å². The van der Waals surface area contributed by atoms with Crippen LogP contribution in [0.1, 0.15) is 51.7 Å². The largest absolute Gasteiger partial charge is 0.454 e. The molecule has 0 aliphatic carbocycles. The van der Waals surface area contributed by atoms with E-state index >= 15 is 0 Å². The number of rotatable bonds is 8. The van der Waals surface area contributed by atoms with Crippen molar-refractivity contribution in [1.82, 2.24) is 24.5 Å². The lowest BCUT2D eigenvalue weighted by molar-refractivity contribution is 0.0993. The predicted octanol–water partition coefficient (Wildman–Crippen LogP) is 4.60. The molecule has 4 aromatic rings. The third-order valence-electron chi connectivity index (χ3n) is 4.70. The first-order valence-electron chi connectivity index (χ1n) is 9.77. The number of benzene rings is 1. The monoisotopic (exact) mass is 462 g/mol. The maximum absolute atomic E-state index is 13.1. The van der Waals surface area contributed by atoms with E-state index in [1.54, 1.807) is 4.68 Å². The number of anilines is 1. The third kappa shape index (κ3) is 5.27. The van der Waals surface area contributed by atoms with E-state index in [1.165, 1.54) is 18.5 Å². The molecule has 3 heterocycles. The topological polar surface area (TPSA) is 90.8 Å². The number of nitrogens with zero attached hydrogens (tertiary/aromatic N) is 5. The molecule has 0 bridgehead atoms. The van der Waals surface area contributed by atoms with Crippen molar-refractivity contribution in [3.63, 3.8) is 0 Å². The zero-order chi connectivity index (χ0) is 23.5. The van der Waals surface area contributed by atoms with Gasteiger partial charge in [0, 0.05) is 0 Å². The normalized spacial score (nSPS) is 11.5. The molecule has 1 amide bonds. The Morgan fingerprint density at radius 2 is 1.79 bits per heavy atom. The SMILES string of the molecule is Cc1ccc(Cn2cnc(NC(=O)c3ccc(Cn4nc(C(F)F)cc4C(F)F)o3)n2)cc1. The minimum Gasteiger partial charge on any atom is -0.454 e. The highest BCUT2D eigenvalue weighted by atomic mass is 19.3. The van der Waals surface area contributed by atoms with Crippen LogP contribution in [-0.4, -0.2) is 30.5 Å². The van der Waals surface area contributed by atoms with Crippen molar-refractivity contribution in [2.75, 3.05) is 5.32 Å². The van der Waals surface area contributed by atoms with Gasteiger partial charge in [0.2, 0.25) is 5.95 Å². The number of hydrogen-bond donors (Lipinski definition) is 1. The molecule has 0 saturated heterocycles. The summed E-state index contributed by atoms with van der Waals surface area (Å²) in [4.78, 5) is 16.4. The quantitative estimate of drug-likeness (QED) is 0.387. The Morgan fingerprint density at radius 1 is 1.03 bits per heavy atom. The van der Waals surface area contributed by atoms with E-state index in [4.69, 9.17) is 4.42 Å². The standard InChI is InChI=1S/C21H18F4N6O2/c1-12-2-4-13(5-3-12)9-30-11-26-21(29-30)27-20(32)17-7-6-14(33-17)10-31-16(19(24)25)8-15(28-31)18(22)23/h2-8,11,18-19H,9-10H2,1H3,(H,27,29,32). The molecular weight excluding hydrogens is 444 g/mol. The number of halogens is 4. The van der Waals surface area contributed by atoms with Crippen molar-refractivity contribution < 1.29 is 26.8 Å². The summed E-state index contributed by atoms with van der Waals surface area (Å²) < 4.78 is 59.5. The number of aryl methyl sites for hydroxylation is 1. The van der Waals surface area contributed by atoms with Crippen molar-refractivity contribution in [2.45, 2.75) is 32.9 Å². The highest BCUT2D eigenvalue weighted by Gasteiger charge is 2.22. The van der Waals surface area contributed by atoms with Gasteiger partial charge in [-0.05, 0) is 30.7 Å². The van der Waals surface area contributed by atoms with Gasteiger partial charge in [0.15, 0.2) is 5.76 Å². The van der Waals surface area contributed by atoms with Gasteiger partial charge in [0.25, 0.3) is 18.8 Å². The molecule has 33 heavy (non-hydrogen) atoms. The molecule has 172 valence electrons. The number of alkyl halides is 4. The minimum atomic E-state index is -3.00. The molecule has 0 fully saturated rings. The summed E-state index contributed by atoms with van der Waals surface area (Å²) in [5.74, 6) is -0.639. The molecule has 3 aromatic heterocycles. The fourth-order valence-corrected chi connectivity index (χ4v) is 3.07. The van der Waals surface area contributed by atoms with E-state index in [2.05, 4.69) is 20.5 Å². The van der Waals surface area contributed by atoms with Crippen LogP contribution in [0.4, 0.5) is 23.5 Å². The molecular formula is C21H18F4N6O2. The summed E-state index contributed by atoms with van der Waals surface area (Å²) in [6, 6.07) is 11.2. The zero-order valence-electron chi connectivity index (χ0n) is 17.3. The summed E-state index contributed by atoms with van der Waals surface area (Å²) in [7, 11) is 0. The van der Waals surface area contributed by atoms with E-state index in [9.17, 15) is 22.4 Å². The van der Waals surface area contributed by atoms with Crippen molar-refractivity contribution in [1.29, 1.82) is 0 Å². The van der Waals surface area contributed by atoms with E-state index in [1.807, 2.05) is 31.2 Å². The highest BCUT2D eigenvalue weighted by molar-refractivity contribution is 6.01. The summed E-state index contributed by atoms with van der Waals surface area (Å²) in [5, 5.41) is 10.2. The first-order chi connectivity index (χ1) is 15.8. The highest BCUT2D eigenvalue weighted by Crippen LogP contribution is 2.26. The maximum atomic E-state index is 13.1. The summed E-state index contributed by atoms with van der Waals surface area (Å²) in [6.07, 6.45) is -4.52. The second-order valence-corrected chi connectivity index (χ2v) is 7.22. The Labute approximate surface area is 184 Å². The lowest BCUT2D eigenvalue weighted by Crippen LogP contribution is -2.13. The Kier molecular flexibility index (Phi) is 6.24. The van der Waals surface area contributed by atoms with Gasteiger partial charge in [-0.25, -0.2) is 27.2 Å². The van der Waals surface area contributed by atoms with Crippen LogP contribution >= 0.6 is 0 Å². The average molecular weight is 462 g/mol. The van der Waals surface area contributed by atoms with Crippen LogP contribution in [0.2, 0.25) is 0 Å². The first-order valence-corrected chi connectivity index (χ1v) is 9.77. The molecule has 4 rings (SSSR count). The van der Waals surface area contributed by atoms with Crippen molar-refractivity contribution in [3.05, 3.63) is 82.8 Å². The first kappa shape index (κ1) is 22.2. The Hall–Kier alpha value is -3.96. The lowest BCUT2D eigenvalue weighted by Gasteiger charge is -2.04. The zero-order valence-corrected chi connectivity index (χ0v) is 17.3. The predicted molar refractivity (Wildman–Crippen MR) is 108 cm³/mol. The van der Waals surface area contributed by atoms with Crippen LogP contribution in [0.5, 0.6) is 0 Å². The van der Waals surface area contributed by atoms with Crippen molar-refractivity contribution in [2.24, 2.45) is 0 Å². The number of aromatic nitrogens is 5. The van der Waals surface area contributed by atoms with Gasteiger partial charge in [-0.3, -0.25) is 14.8 Å². The number of nitrogens with one attached hydrogen (secondary N) is 1. The maximum Gasteiger partial charge on any atom is 0.293 e. The van der Waals surface area contributed by atoms with Gasteiger partial charge in [0.05, 0.1) is 13.1 Å². The molecule has 1 aromatic carbocycles. The van der Waals surface area contributed by atoms with Crippen LogP contribution in [0.15, 0.2) is 53.2 Å². The van der Waals surface area contributed by atoms with Crippen molar-refractivity contribution >= 4 is 11.9 Å². The van der Waals surface area contributed by atoms with Crippen LogP contribution in [0, 0.1) is 6.92 Å². The van der Waals surface area contributed by atoms with E-state index in [0.717, 1.165) is 15.8 Å². The fraction of sp³-hybridized carbons (Fsp3) is 0.238. The Morgan fingerprint density at radius 3 is 2.48 bits per heavy atom. The molecule has 0 unspecified atom stereocenters. The van der Waals surface area contributed by atoms with Gasteiger partial charge in [0.1, 0.15) is 23.5 Å². The second kappa shape index (κ2) is 9.27. The summed E-state index contributed by atoms with van der Waals surface area (Å²) >= 11 is 0. The van der Waals surface area contributed by atoms with Crippen LogP contribution in [0.3, 0.4) is 0 Å². The van der Waals surface area contributed by atoms with Gasteiger partial charge in [-0.15, -0.1) is 5.10 Å². The molecule has 12 heteroatoms. The number of carbonyl (C=O) groups is 1. The van der Waals surface area contributed by atoms with Crippen molar-refractivity contribution in [3.8, 4) is 0 Å². The van der Waals surface area contributed by atoms with Gasteiger partial charge >= 0.3 is 0 Å². The Bertz CT molecular complexity index is 1250. The molecule has 0 spiro atoms. The molecule has 1 N–H and O–H groups in total. The van der Waals surface area contributed by atoms with E-state index in [-0.39, 0.29) is 24.0 Å². The average Bonchev–Trinajstić information content (AvgIpc) is 3.50. The molecule has 0 aliphatic heterocycles. The Balaban J connectivity index is 1.41. The van der Waals surface area contributed by atoms with Gasteiger partial charge < -0.3 is 4.42 Å². The van der Waals surface area contributed by atoms with Gasteiger partial charge in [-0.1, -0.05) is 29.8 Å². The number of furan rings is 1.